The van der Waals surface area contributed by atoms with E-state index in [0.717, 1.165) is 0 Å². The number of hydrogen-bond acceptors (Lipinski definition) is 5. The van der Waals surface area contributed by atoms with Crippen molar-refractivity contribution in [2.45, 2.75) is 6.92 Å². The lowest BCUT2D eigenvalue weighted by atomic mass is 10.1. The van der Waals surface area contributed by atoms with Crippen LogP contribution in [0.4, 0.5) is 8.78 Å². The molecule has 1 aromatic heterocycles. The molecule has 196 valence electrons. The Morgan fingerprint density at radius 2 is 1.63 bits per heavy atom. The van der Waals surface area contributed by atoms with Crippen LogP contribution in [-0.2, 0) is 4.74 Å². The Morgan fingerprint density at radius 3 is 2.32 bits per heavy atom. The highest BCUT2D eigenvalue weighted by Gasteiger charge is 2.17. The van der Waals surface area contributed by atoms with Gasteiger partial charge in [-0.1, -0.05) is 41.4 Å². The van der Waals surface area contributed by atoms with Crippen LogP contribution in [0.15, 0.2) is 77.3 Å². The largest absolute Gasteiger partial charge is 0.478 e. The number of carbonyl (C=O) groups excluding carboxylic acids is 1. The van der Waals surface area contributed by atoms with E-state index in [4.69, 9.17) is 33.0 Å². The normalized spacial score (nSPS) is 10.3. The average Bonchev–Trinajstić information content (AvgIpc) is 2.88. The molecule has 0 atom stereocenters. The minimum atomic E-state index is -1.35. The van der Waals surface area contributed by atoms with E-state index >= 15 is 0 Å². The highest BCUT2D eigenvalue weighted by atomic mass is 79.9. The van der Waals surface area contributed by atoms with Crippen LogP contribution in [0.25, 0.3) is 11.3 Å². The summed E-state index contributed by atoms with van der Waals surface area (Å²) in [6.07, 6.45) is 0. The topological polar surface area (TPSA) is 85.7 Å². The van der Waals surface area contributed by atoms with Crippen molar-refractivity contribution >= 4 is 51.1 Å². The number of rotatable bonds is 6. The van der Waals surface area contributed by atoms with Gasteiger partial charge in [0.05, 0.1) is 32.9 Å². The second kappa shape index (κ2) is 13.3. The molecule has 0 spiro atoms. The van der Waals surface area contributed by atoms with Gasteiger partial charge in [0.2, 0.25) is 5.88 Å². The van der Waals surface area contributed by atoms with Gasteiger partial charge in [-0.3, -0.25) is 0 Å². The predicted octanol–water partition coefficient (Wildman–Crippen LogP) is 8.45. The maximum Gasteiger partial charge on any atom is 0.341 e. The number of ether oxygens (including phenoxy) is 2. The molecule has 1 heterocycles. The van der Waals surface area contributed by atoms with E-state index < -0.39 is 29.1 Å². The molecule has 1 N–H and O–H groups in total. The van der Waals surface area contributed by atoms with Gasteiger partial charge in [0, 0.05) is 16.7 Å². The second-order valence-electron chi connectivity index (χ2n) is 7.33. The van der Waals surface area contributed by atoms with Gasteiger partial charge in [0.25, 0.3) is 0 Å². The van der Waals surface area contributed by atoms with Crippen molar-refractivity contribution in [3.05, 3.63) is 110 Å². The number of hydrogen-bond donors (Lipinski definition) is 1. The van der Waals surface area contributed by atoms with Crippen molar-refractivity contribution < 1.29 is 33.0 Å². The second-order valence-corrected chi connectivity index (χ2v) is 9.03. The molecule has 6 nitrogen and oxygen atoms in total. The maximum absolute atomic E-state index is 14.4. The van der Waals surface area contributed by atoms with Gasteiger partial charge in [-0.15, -0.1) is 0 Å². The standard InChI is InChI=1S/C18H10Cl2FNO3.C9H8BrFO2/c19-10-7-8-15(13(20)9-10)25-16-6-2-5-14(22-16)11-3-1-4-12(17(11)21)18(23)24;1-2-13-9(12)6-4-3-5-7(10)8(6)11/h1-9H,(H,23,24);3-5H,2H2,1H3. The zero-order valence-electron chi connectivity index (χ0n) is 19.6. The number of benzene rings is 3. The summed E-state index contributed by atoms with van der Waals surface area (Å²) in [6.45, 7) is 1.92. The fourth-order valence-electron chi connectivity index (χ4n) is 3.06. The maximum atomic E-state index is 14.4. The number of carboxylic acid groups (broad SMARTS) is 1. The van der Waals surface area contributed by atoms with Crippen LogP contribution in [0, 0.1) is 11.6 Å². The number of aromatic nitrogens is 1. The quantitative estimate of drug-likeness (QED) is 0.217. The summed E-state index contributed by atoms with van der Waals surface area (Å²) in [7, 11) is 0. The van der Waals surface area contributed by atoms with Crippen LogP contribution in [0.1, 0.15) is 27.6 Å². The van der Waals surface area contributed by atoms with Crippen molar-refractivity contribution in [3.8, 4) is 22.9 Å². The van der Waals surface area contributed by atoms with Gasteiger partial charge < -0.3 is 14.6 Å². The first kappa shape index (κ1) is 29.0. The molecule has 4 rings (SSSR count). The minimum absolute atomic E-state index is 0.0452. The Labute approximate surface area is 234 Å². The molecule has 0 bridgehead atoms. The zero-order chi connectivity index (χ0) is 27.8. The third-order valence-corrected chi connectivity index (χ3v) is 5.93. The molecule has 0 saturated carbocycles. The number of halogens is 5. The average molecular weight is 625 g/mol. The SMILES string of the molecule is CCOC(=O)c1cccc(Br)c1F.O=C(O)c1cccc(-c2cccc(Oc3ccc(Cl)cc3Cl)n2)c1F. The lowest BCUT2D eigenvalue weighted by Crippen LogP contribution is -2.07. The minimum Gasteiger partial charge on any atom is -0.478 e. The monoisotopic (exact) mass is 623 g/mol. The first-order valence-corrected chi connectivity index (χ1v) is 12.4. The Bertz CT molecular complexity index is 1490. The molecule has 0 amide bonds. The van der Waals surface area contributed by atoms with Gasteiger partial charge >= 0.3 is 11.9 Å². The zero-order valence-corrected chi connectivity index (χ0v) is 22.7. The van der Waals surface area contributed by atoms with Crippen molar-refractivity contribution in [3.63, 3.8) is 0 Å². The molecule has 0 aliphatic heterocycles. The third kappa shape index (κ3) is 7.28. The molecule has 0 aliphatic carbocycles. The van der Waals surface area contributed by atoms with Gasteiger partial charge in [-0.05, 0) is 71.4 Å². The van der Waals surface area contributed by atoms with E-state index in [1.54, 1.807) is 43.3 Å². The highest BCUT2D eigenvalue weighted by molar-refractivity contribution is 9.10. The van der Waals surface area contributed by atoms with Crippen molar-refractivity contribution in [2.24, 2.45) is 0 Å². The van der Waals surface area contributed by atoms with E-state index in [-0.39, 0.29) is 33.8 Å². The Morgan fingerprint density at radius 1 is 0.947 bits per heavy atom. The molecule has 0 saturated heterocycles. The number of nitrogens with zero attached hydrogens (tertiary/aromatic N) is 1. The van der Waals surface area contributed by atoms with Crippen LogP contribution in [-0.4, -0.2) is 28.6 Å². The molecule has 0 radical (unpaired) electrons. The van der Waals surface area contributed by atoms with Crippen LogP contribution in [0.2, 0.25) is 10.0 Å². The van der Waals surface area contributed by atoms with E-state index in [9.17, 15) is 18.4 Å². The number of carbonyl (C=O) groups is 2. The van der Waals surface area contributed by atoms with Gasteiger partial charge in [0.1, 0.15) is 11.6 Å². The molecule has 4 aromatic rings. The summed E-state index contributed by atoms with van der Waals surface area (Å²) in [5, 5.41) is 9.80. The Hall–Kier alpha value is -3.53. The van der Waals surface area contributed by atoms with Crippen molar-refractivity contribution in [1.82, 2.24) is 4.98 Å². The predicted molar refractivity (Wildman–Crippen MR) is 143 cm³/mol. The number of carboxylic acids is 1. The van der Waals surface area contributed by atoms with E-state index in [2.05, 4.69) is 25.7 Å². The van der Waals surface area contributed by atoms with E-state index in [1.807, 2.05) is 0 Å². The summed E-state index contributed by atoms with van der Waals surface area (Å²) in [5.74, 6) is -2.90. The number of esters is 1. The van der Waals surface area contributed by atoms with Crippen LogP contribution in [0.3, 0.4) is 0 Å². The van der Waals surface area contributed by atoms with Crippen molar-refractivity contribution in [2.75, 3.05) is 6.61 Å². The highest BCUT2D eigenvalue weighted by Crippen LogP contribution is 2.32. The Balaban J connectivity index is 0.000000260. The molecular formula is C27H18BrCl2F2NO5. The molecule has 38 heavy (non-hydrogen) atoms. The summed E-state index contributed by atoms with van der Waals surface area (Å²) in [5.41, 5.74) is -0.168. The summed E-state index contributed by atoms with van der Waals surface area (Å²) in [6, 6.07) is 18.1. The first-order valence-electron chi connectivity index (χ1n) is 10.9. The smallest absolute Gasteiger partial charge is 0.341 e. The van der Waals surface area contributed by atoms with E-state index in [1.165, 1.54) is 36.4 Å². The molecule has 0 aliphatic rings. The van der Waals surface area contributed by atoms with Gasteiger partial charge in [0.15, 0.2) is 5.82 Å². The van der Waals surface area contributed by atoms with Crippen LogP contribution in [0.5, 0.6) is 11.6 Å². The lowest BCUT2D eigenvalue weighted by molar-refractivity contribution is 0.0520. The summed E-state index contributed by atoms with van der Waals surface area (Å²) in [4.78, 5) is 26.4. The summed E-state index contributed by atoms with van der Waals surface area (Å²) < 4.78 is 38.1. The number of aromatic carboxylic acids is 1. The molecule has 3 aromatic carbocycles. The fraction of sp³-hybridized carbons (Fsp3) is 0.0741. The van der Waals surface area contributed by atoms with Crippen LogP contribution >= 0.6 is 39.1 Å². The lowest BCUT2D eigenvalue weighted by Gasteiger charge is -2.09. The number of pyridine rings is 1. The Kier molecular flexibility index (Phi) is 10.2. The molecule has 11 heteroatoms. The third-order valence-electron chi connectivity index (χ3n) is 4.78. The van der Waals surface area contributed by atoms with Gasteiger partial charge in [-0.2, -0.15) is 0 Å². The van der Waals surface area contributed by atoms with E-state index in [0.29, 0.717) is 15.8 Å². The molecule has 0 unspecified atom stereocenters. The molecular weight excluding hydrogens is 607 g/mol. The van der Waals surface area contributed by atoms with Crippen molar-refractivity contribution in [1.29, 1.82) is 0 Å². The van der Waals surface area contributed by atoms with Gasteiger partial charge in [-0.25, -0.2) is 23.4 Å². The van der Waals surface area contributed by atoms with Crippen LogP contribution < -0.4 is 4.74 Å². The molecule has 0 fully saturated rings. The summed E-state index contributed by atoms with van der Waals surface area (Å²) >= 11 is 14.9. The fourth-order valence-corrected chi connectivity index (χ4v) is 3.87. The first-order chi connectivity index (χ1) is 18.1.